The van der Waals surface area contributed by atoms with E-state index in [9.17, 15) is 0 Å². The Morgan fingerprint density at radius 2 is 2.00 bits per heavy atom. The Balaban J connectivity index is 2.25. The summed E-state index contributed by atoms with van der Waals surface area (Å²) < 4.78 is 4.96. The van der Waals surface area contributed by atoms with Crippen LogP contribution in [0.1, 0.15) is 5.56 Å². The lowest BCUT2D eigenvalue weighted by Crippen LogP contribution is -1.92. The average molecular weight is 217 g/mol. The van der Waals surface area contributed by atoms with Gasteiger partial charge in [0, 0.05) is 23.6 Å². The minimum atomic E-state index is 0.797. The van der Waals surface area contributed by atoms with Crippen molar-refractivity contribution in [1.82, 2.24) is 0 Å². The van der Waals surface area contributed by atoms with Crippen LogP contribution < -0.4 is 0 Å². The van der Waals surface area contributed by atoms with E-state index in [2.05, 4.69) is 12.1 Å². The van der Waals surface area contributed by atoms with Crippen molar-refractivity contribution in [3.05, 3.63) is 34.9 Å². The summed E-state index contributed by atoms with van der Waals surface area (Å²) in [4.78, 5) is 0. The summed E-state index contributed by atoms with van der Waals surface area (Å²) in [6, 6.07) is 7.96. The fourth-order valence-corrected chi connectivity index (χ4v) is 1.90. The highest BCUT2D eigenvalue weighted by atomic mass is 35.5. The summed E-state index contributed by atoms with van der Waals surface area (Å²) in [6.07, 6.45) is 0. The predicted molar refractivity (Wildman–Crippen MR) is 59.5 cm³/mol. The van der Waals surface area contributed by atoms with Crippen LogP contribution in [-0.4, -0.2) is 19.5 Å². The van der Waals surface area contributed by atoms with Crippen LogP contribution in [0.5, 0.6) is 0 Å². The molecule has 0 saturated carbocycles. The van der Waals surface area contributed by atoms with Crippen LogP contribution in [0.25, 0.3) is 0 Å². The number of halogens is 1. The highest BCUT2D eigenvalue weighted by Gasteiger charge is 1.93. The lowest BCUT2D eigenvalue weighted by Gasteiger charge is -2.01. The first-order valence-corrected chi connectivity index (χ1v) is 5.67. The molecule has 0 bridgehead atoms. The van der Waals surface area contributed by atoms with Crippen LogP contribution in [0.2, 0.25) is 5.02 Å². The highest BCUT2D eigenvalue weighted by molar-refractivity contribution is 7.98. The highest BCUT2D eigenvalue weighted by Crippen LogP contribution is 2.14. The van der Waals surface area contributed by atoms with E-state index in [1.807, 2.05) is 23.9 Å². The molecule has 1 aromatic carbocycles. The van der Waals surface area contributed by atoms with Crippen molar-refractivity contribution in [3.63, 3.8) is 0 Å². The molecule has 0 saturated heterocycles. The Morgan fingerprint density at radius 1 is 1.31 bits per heavy atom. The summed E-state index contributed by atoms with van der Waals surface area (Å²) in [5.41, 5.74) is 1.31. The van der Waals surface area contributed by atoms with Crippen molar-refractivity contribution in [1.29, 1.82) is 0 Å². The second-order valence-corrected chi connectivity index (χ2v) is 4.21. The van der Waals surface area contributed by atoms with Crippen molar-refractivity contribution in [2.45, 2.75) is 5.75 Å². The summed E-state index contributed by atoms with van der Waals surface area (Å²) in [6.45, 7) is 0.818. The molecule has 0 aliphatic heterocycles. The minimum absolute atomic E-state index is 0.797. The van der Waals surface area contributed by atoms with Gasteiger partial charge in [0.15, 0.2) is 0 Å². The standard InChI is InChI=1S/C10H13ClOS/c1-12-6-7-13-8-9-2-4-10(11)5-3-9/h2-5H,6-8H2,1H3. The second kappa shape index (κ2) is 6.30. The van der Waals surface area contributed by atoms with E-state index in [1.165, 1.54) is 5.56 Å². The molecule has 0 N–H and O–H groups in total. The van der Waals surface area contributed by atoms with Gasteiger partial charge in [-0.25, -0.2) is 0 Å². The normalized spacial score (nSPS) is 10.3. The molecule has 13 heavy (non-hydrogen) atoms. The van der Waals surface area contributed by atoms with Gasteiger partial charge in [-0.2, -0.15) is 11.8 Å². The van der Waals surface area contributed by atoms with Gasteiger partial charge >= 0.3 is 0 Å². The number of methoxy groups -OCH3 is 1. The van der Waals surface area contributed by atoms with Crippen molar-refractivity contribution < 1.29 is 4.74 Å². The number of benzene rings is 1. The minimum Gasteiger partial charge on any atom is -0.384 e. The van der Waals surface area contributed by atoms with Crippen LogP contribution in [0, 0.1) is 0 Å². The SMILES string of the molecule is COCCSCc1ccc(Cl)cc1. The van der Waals surface area contributed by atoms with Gasteiger partial charge in [0.05, 0.1) is 6.61 Å². The Morgan fingerprint density at radius 3 is 2.62 bits per heavy atom. The molecule has 1 nitrogen and oxygen atoms in total. The van der Waals surface area contributed by atoms with E-state index in [0.29, 0.717) is 0 Å². The molecule has 0 spiro atoms. The van der Waals surface area contributed by atoms with Crippen LogP contribution in [0.3, 0.4) is 0 Å². The molecule has 0 unspecified atom stereocenters. The quantitative estimate of drug-likeness (QED) is 0.699. The van der Waals surface area contributed by atoms with Gasteiger partial charge in [-0.15, -0.1) is 0 Å². The van der Waals surface area contributed by atoms with Gasteiger partial charge in [0.25, 0.3) is 0 Å². The molecule has 3 heteroatoms. The lowest BCUT2D eigenvalue weighted by atomic mass is 10.2. The fraction of sp³-hybridized carbons (Fsp3) is 0.400. The second-order valence-electron chi connectivity index (χ2n) is 2.67. The Kier molecular flexibility index (Phi) is 5.28. The van der Waals surface area contributed by atoms with E-state index in [0.717, 1.165) is 23.1 Å². The fourth-order valence-electron chi connectivity index (χ4n) is 0.913. The molecule has 0 atom stereocenters. The molecule has 0 aliphatic carbocycles. The summed E-state index contributed by atoms with van der Waals surface area (Å²) in [5.74, 6) is 2.07. The molecule has 0 fully saturated rings. The van der Waals surface area contributed by atoms with Crippen LogP contribution >= 0.6 is 23.4 Å². The smallest absolute Gasteiger partial charge is 0.0553 e. The monoisotopic (exact) mass is 216 g/mol. The maximum Gasteiger partial charge on any atom is 0.0553 e. The topological polar surface area (TPSA) is 9.23 Å². The Hall–Kier alpha value is -0.180. The van der Waals surface area contributed by atoms with Gasteiger partial charge in [0.2, 0.25) is 0 Å². The summed E-state index contributed by atoms with van der Waals surface area (Å²) in [7, 11) is 1.73. The number of thioether (sulfide) groups is 1. The number of hydrogen-bond donors (Lipinski definition) is 0. The largest absolute Gasteiger partial charge is 0.384 e. The van der Waals surface area contributed by atoms with Gasteiger partial charge < -0.3 is 4.74 Å². The van der Waals surface area contributed by atoms with E-state index < -0.39 is 0 Å². The molecular weight excluding hydrogens is 204 g/mol. The zero-order valence-corrected chi connectivity index (χ0v) is 9.20. The first-order chi connectivity index (χ1) is 6.33. The number of ether oxygens (including phenoxy) is 1. The molecule has 72 valence electrons. The maximum atomic E-state index is 5.77. The third kappa shape index (κ3) is 4.55. The molecule has 0 aromatic heterocycles. The summed E-state index contributed by atoms with van der Waals surface area (Å²) >= 11 is 7.64. The zero-order chi connectivity index (χ0) is 9.52. The molecule has 1 aromatic rings. The van der Waals surface area contributed by atoms with E-state index in [-0.39, 0.29) is 0 Å². The number of rotatable bonds is 5. The first kappa shape index (κ1) is 10.9. The van der Waals surface area contributed by atoms with Gasteiger partial charge in [-0.3, -0.25) is 0 Å². The Labute approximate surface area is 88.4 Å². The van der Waals surface area contributed by atoms with Crippen molar-refractivity contribution in [2.24, 2.45) is 0 Å². The molecule has 0 radical (unpaired) electrons. The molecule has 1 rings (SSSR count). The third-order valence-electron chi connectivity index (χ3n) is 1.61. The Bertz CT molecular complexity index is 235. The predicted octanol–water partition coefficient (Wildman–Crippen LogP) is 3.22. The number of hydrogen-bond acceptors (Lipinski definition) is 2. The van der Waals surface area contributed by atoms with Gasteiger partial charge in [-0.05, 0) is 17.7 Å². The van der Waals surface area contributed by atoms with Crippen molar-refractivity contribution >= 4 is 23.4 Å². The van der Waals surface area contributed by atoms with E-state index >= 15 is 0 Å². The lowest BCUT2D eigenvalue weighted by molar-refractivity contribution is 0.218. The average Bonchev–Trinajstić information content (AvgIpc) is 2.15. The van der Waals surface area contributed by atoms with Gasteiger partial charge in [0.1, 0.15) is 0 Å². The summed E-state index contributed by atoms with van der Waals surface area (Å²) in [5, 5.41) is 0.797. The maximum absolute atomic E-state index is 5.77. The van der Waals surface area contributed by atoms with Crippen molar-refractivity contribution in [3.8, 4) is 0 Å². The molecular formula is C10H13ClOS. The molecule has 0 amide bonds. The van der Waals surface area contributed by atoms with Gasteiger partial charge in [-0.1, -0.05) is 23.7 Å². The van der Waals surface area contributed by atoms with Crippen LogP contribution in [-0.2, 0) is 10.5 Å². The first-order valence-electron chi connectivity index (χ1n) is 4.14. The van der Waals surface area contributed by atoms with Crippen LogP contribution in [0.15, 0.2) is 24.3 Å². The van der Waals surface area contributed by atoms with Crippen molar-refractivity contribution in [2.75, 3.05) is 19.5 Å². The zero-order valence-electron chi connectivity index (χ0n) is 7.63. The van der Waals surface area contributed by atoms with Crippen LogP contribution in [0.4, 0.5) is 0 Å². The van der Waals surface area contributed by atoms with E-state index in [1.54, 1.807) is 7.11 Å². The molecule has 0 heterocycles. The van der Waals surface area contributed by atoms with E-state index in [4.69, 9.17) is 16.3 Å². The molecule has 0 aliphatic rings. The third-order valence-corrected chi connectivity index (χ3v) is 2.86.